The van der Waals surface area contributed by atoms with Crippen molar-refractivity contribution in [3.8, 4) is 5.75 Å². The van der Waals surface area contributed by atoms with Crippen molar-refractivity contribution in [2.45, 2.75) is 26.4 Å². The van der Waals surface area contributed by atoms with Crippen molar-refractivity contribution in [2.75, 3.05) is 20.2 Å². The van der Waals surface area contributed by atoms with E-state index < -0.39 is 0 Å². The topological polar surface area (TPSA) is 63.5 Å². The number of hydrogen-bond acceptors (Lipinski definition) is 3. The molecule has 1 heterocycles. The molecule has 1 aromatic heterocycles. The fraction of sp³-hybridized carbons (Fsp3) is 0.412. The molecular weight excluding hydrogens is 290 g/mol. The third-order valence-corrected chi connectivity index (χ3v) is 3.31. The zero-order valence-corrected chi connectivity index (χ0v) is 13.8. The summed E-state index contributed by atoms with van der Waals surface area (Å²) in [5.74, 6) is 1.69. The molecule has 6 nitrogen and oxygen atoms in total. The van der Waals surface area contributed by atoms with E-state index in [4.69, 9.17) is 4.74 Å². The number of guanidine groups is 1. The van der Waals surface area contributed by atoms with E-state index in [0.717, 1.165) is 43.3 Å². The highest BCUT2D eigenvalue weighted by Crippen LogP contribution is 2.13. The lowest BCUT2D eigenvalue weighted by Crippen LogP contribution is -2.38. The van der Waals surface area contributed by atoms with Gasteiger partial charge < -0.3 is 15.4 Å². The Hall–Kier alpha value is -2.50. The number of hydrogen-bond donors (Lipinski definition) is 2. The fourth-order valence-electron chi connectivity index (χ4n) is 2.16. The Labute approximate surface area is 137 Å². The Bertz CT molecular complexity index is 595. The molecule has 0 unspecified atom stereocenters. The normalized spacial score (nSPS) is 11.3. The zero-order chi connectivity index (χ0) is 16.3. The van der Waals surface area contributed by atoms with Gasteiger partial charge in [0.2, 0.25) is 0 Å². The van der Waals surface area contributed by atoms with Crippen LogP contribution in [0.1, 0.15) is 18.9 Å². The monoisotopic (exact) mass is 315 g/mol. The Kier molecular flexibility index (Phi) is 6.97. The van der Waals surface area contributed by atoms with E-state index in [-0.39, 0.29) is 0 Å². The van der Waals surface area contributed by atoms with Crippen molar-refractivity contribution < 1.29 is 4.74 Å². The lowest BCUT2D eigenvalue weighted by atomic mass is 10.2. The van der Waals surface area contributed by atoms with Gasteiger partial charge in [-0.2, -0.15) is 5.10 Å². The van der Waals surface area contributed by atoms with Crippen molar-refractivity contribution in [3.05, 3.63) is 48.3 Å². The van der Waals surface area contributed by atoms with E-state index in [1.807, 2.05) is 41.2 Å². The first-order valence-electron chi connectivity index (χ1n) is 7.94. The number of aryl methyl sites for hydroxylation is 1. The molecule has 0 saturated heterocycles. The molecule has 0 aliphatic rings. The van der Waals surface area contributed by atoms with Gasteiger partial charge in [0.15, 0.2) is 5.96 Å². The third kappa shape index (κ3) is 6.02. The van der Waals surface area contributed by atoms with Gasteiger partial charge in [-0.25, -0.2) is 4.99 Å². The summed E-state index contributed by atoms with van der Waals surface area (Å²) in [5.41, 5.74) is 1.12. The molecule has 0 saturated carbocycles. The Morgan fingerprint density at radius 3 is 2.96 bits per heavy atom. The van der Waals surface area contributed by atoms with Crippen LogP contribution in [-0.4, -0.2) is 35.9 Å². The number of methoxy groups -OCH3 is 1. The van der Waals surface area contributed by atoms with Gasteiger partial charge >= 0.3 is 0 Å². The lowest BCUT2D eigenvalue weighted by molar-refractivity contribution is 0.414. The molecule has 0 aliphatic heterocycles. The lowest BCUT2D eigenvalue weighted by Gasteiger charge is -2.11. The van der Waals surface area contributed by atoms with Gasteiger partial charge in [-0.05, 0) is 37.1 Å². The van der Waals surface area contributed by atoms with E-state index in [1.165, 1.54) is 0 Å². The molecule has 23 heavy (non-hydrogen) atoms. The summed E-state index contributed by atoms with van der Waals surface area (Å²) in [4.78, 5) is 4.61. The first-order chi connectivity index (χ1) is 11.3. The van der Waals surface area contributed by atoms with Crippen LogP contribution in [0, 0.1) is 0 Å². The minimum atomic E-state index is 0.617. The van der Waals surface area contributed by atoms with E-state index in [9.17, 15) is 0 Å². The van der Waals surface area contributed by atoms with Crippen LogP contribution in [0.4, 0.5) is 0 Å². The van der Waals surface area contributed by atoms with Crippen LogP contribution in [0.15, 0.2) is 47.7 Å². The molecular formula is C17H25N5O. The number of nitrogens with one attached hydrogen (secondary N) is 2. The van der Waals surface area contributed by atoms with Gasteiger partial charge in [0.05, 0.1) is 13.7 Å². The molecule has 2 rings (SSSR count). The van der Waals surface area contributed by atoms with E-state index >= 15 is 0 Å². The second-order valence-electron chi connectivity index (χ2n) is 5.10. The van der Waals surface area contributed by atoms with Gasteiger partial charge in [0.25, 0.3) is 0 Å². The predicted octanol–water partition coefficient (Wildman–Crippen LogP) is 2.04. The minimum Gasteiger partial charge on any atom is -0.497 e. The highest BCUT2D eigenvalue weighted by atomic mass is 16.5. The summed E-state index contributed by atoms with van der Waals surface area (Å²) in [7, 11) is 1.67. The number of rotatable bonds is 8. The molecule has 0 amide bonds. The number of nitrogens with zero attached hydrogens (tertiary/aromatic N) is 3. The maximum absolute atomic E-state index is 5.24. The molecule has 0 radical (unpaired) electrons. The molecule has 124 valence electrons. The largest absolute Gasteiger partial charge is 0.497 e. The highest BCUT2D eigenvalue weighted by molar-refractivity contribution is 5.79. The van der Waals surface area contributed by atoms with Gasteiger partial charge in [-0.1, -0.05) is 12.1 Å². The first kappa shape index (κ1) is 16.9. The maximum Gasteiger partial charge on any atom is 0.191 e. The number of aromatic nitrogens is 2. The molecule has 0 atom stereocenters. The number of aliphatic imine (C=N–C) groups is 1. The van der Waals surface area contributed by atoms with Crippen LogP contribution < -0.4 is 15.4 Å². The van der Waals surface area contributed by atoms with Crippen LogP contribution in [-0.2, 0) is 13.1 Å². The summed E-state index contributed by atoms with van der Waals surface area (Å²) < 4.78 is 7.17. The second-order valence-corrected chi connectivity index (χ2v) is 5.10. The van der Waals surface area contributed by atoms with Gasteiger partial charge in [0.1, 0.15) is 5.75 Å². The summed E-state index contributed by atoms with van der Waals surface area (Å²) in [5, 5.41) is 10.8. The Morgan fingerprint density at radius 1 is 1.30 bits per heavy atom. The van der Waals surface area contributed by atoms with E-state index in [0.29, 0.717) is 6.54 Å². The molecule has 0 aliphatic carbocycles. The van der Waals surface area contributed by atoms with E-state index in [2.05, 4.69) is 27.6 Å². The third-order valence-electron chi connectivity index (χ3n) is 3.31. The molecule has 2 aromatic rings. The Morgan fingerprint density at radius 2 is 2.22 bits per heavy atom. The van der Waals surface area contributed by atoms with Gasteiger partial charge in [-0.15, -0.1) is 0 Å². The van der Waals surface area contributed by atoms with Crippen molar-refractivity contribution >= 4 is 5.96 Å². The minimum absolute atomic E-state index is 0.617. The molecule has 1 aromatic carbocycles. The molecule has 0 fully saturated rings. The van der Waals surface area contributed by atoms with Crippen LogP contribution >= 0.6 is 0 Å². The highest BCUT2D eigenvalue weighted by Gasteiger charge is 1.99. The number of ether oxygens (including phenoxy) is 1. The summed E-state index contributed by atoms with van der Waals surface area (Å²) in [6.45, 7) is 5.26. The van der Waals surface area contributed by atoms with Gasteiger partial charge in [-0.3, -0.25) is 4.68 Å². The average molecular weight is 315 g/mol. The van der Waals surface area contributed by atoms with E-state index in [1.54, 1.807) is 13.3 Å². The van der Waals surface area contributed by atoms with Crippen LogP contribution in [0.25, 0.3) is 0 Å². The number of benzene rings is 1. The van der Waals surface area contributed by atoms with Crippen LogP contribution in [0.3, 0.4) is 0 Å². The average Bonchev–Trinajstić information content (AvgIpc) is 3.10. The van der Waals surface area contributed by atoms with Crippen LogP contribution in [0.5, 0.6) is 5.75 Å². The molecule has 0 bridgehead atoms. The van der Waals surface area contributed by atoms with Crippen molar-refractivity contribution in [1.29, 1.82) is 0 Å². The van der Waals surface area contributed by atoms with Crippen molar-refractivity contribution in [1.82, 2.24) is 20.4 Å². The molecule has 2 N–H and O–H groups in total. The SMILES string of the molecule is CCNC(=NCc1cccc(OC)c1)NCCCn1cccn1. The van der Waals surface area contributed by atoms with Gasteiger partial charge in [0, 0.05) is 32.0 Å². The molecule has 6 heteroatoms. The smallest absolute Gasteiger partial charge is 0.191 e. The second kappa shape index (κ2) is 9.50. The first-order valence-corrected chi connectivity index (χ1v) is 7.94. The quantitative estimate of drug-likeness (QED) is 0.444. The standard InChI is InChI=1S/C17H25N5O/c1-3-18-17(19-9-5-11-22-12-6-10-21-22)20-14-15-7-4-8-16(13-15)23-2/h4,6-8,10,12-13H,3,5,9,11,14H2,1-2H3,(H2,18,19,20). The summed E-state index contributed by atoms with van der Waals surface area (Å²) >= 11 is 0. The molecule has 0 spiro atoms. The summed E-state index contributed by atoms with van der Waals surface area (Å²) in [6, 6.07) is 9.91. The maximum atomic E-state index is 5.24. The van der Waals surface area contributed by atoms with Crippen LogP contribution in [0.2, 0.25) is 0 Å². The fourth-order valence-corrected chi connectivity index (χ4v) is 2.16. The Balaban J connectivity index is 1.81. The summed E-state index contributed by atoms with van der Waals surface area (Å²) in [6.07, 6.45) is 4.76. The zero-order valence-electron chi connectivity index (χ0n) is 13.8. The van der Waals surface area contributed by atoms with Crippen molar-refractivity contribution in [3.63, 3.8) is 0 Å². The predicted molar refractivity (Wildman–Crippen MR) is 92.7 cm³/mol. The van der Waals surface area contributed by atoms with Crippen molar-refractivity contribution in [2.24, 2.45) is 4.99 Å².